The highest BCUT2D eigenvalue weighted by atomic mass is 35.5. The number of benzene rings is 3. The molecule has 0 heterocycles. The molecular weight excluding hydrogens is 638 g/mol. The van der Waals surface area contributed by atoms with Gasteiger partial charge in [0.1, 0.15) is 12.6 Å². The van der Waals surface area contributed by atoms with Crippen molar-refractivity contribution in [2.75, 3.05) is 23.7 Å². The van der Waals surface area contributed by atoms with Gasteiger partial charge in [-0.25, -0.2) is 8.42 Å². The Morgan fingerprint density at radius 3 is 2.19 bits per heavy atom. The summed E-state index contributed by atoms with van der Waals surface area (Å²) in [6.45, 7) is 0.747. The quantitative estimate of drug-likeness (QED) is 0.264. The molecule has 1 unspecified atom stereocenters. The van der Waals surface area contributed by atoms with Crippen LogP contribution >= 0.6 is 34.8 Å². The molecule has 42 heavy (non-hydrogen) atoms. The summed E-state index contributed by atoms with van der Waals surface area (Å²) in [5, 5.41) is 2.89. The number of likely N-dealkylation sites (N-methyl/N-ethyl adjacent to an activating group) is 1. The number of alkyl halides is 3. The van der Waals surface area contributed by atoms with Gasteiger partial charge in [0, 0.05) is 29.6 Å². The molecule has 1 atom stereocenters. The molecule has 0 aliphatic carbocycles. The van der Waals surface area contributed by atoms with Gasteiger partial charge in [-0.1, -0.05) is 71.2 Å². The van der Waals surface area contributed by atoms with Gasteiger partial charge in [-0.15, -0.1) is 0 Å². The number of rotatable bonds is 11. The Kier molecular flexibility index (Phi) is 11.2. The number of hydrogen-bond donors (Lipinski definition) is 1. The summed E-state index contributed by atoms with van der Waals surface area (Å²) in [5.74, 6) is -1.41. The van der Waals surface area contributed by atoms with E-state index in [1.165, 1.54) is 12.1 Å². The topological polar surface area (TPSA) is 86.8 Å². The van der Waals surface area contributed by atoms with Gasteiger partial charge < -0.3 is 10.2 Å². The average molecular weight is 665 g/mol. The van der Waals surface area contributed by atoms with Crippen LogP contribution in [0.25, 0.3) is 0 Å². The minimum Gasteiger partial charge on any atom is -0.355 e. The van der Waals surface area contributed by atoms with Crippen LogP contribution in [0.1, 0.15) is 23.6 Å². The molecule has 7 nitrogen and oxygen atoms in total. The summed E-state index contributed by atoms with van der Waals surface area (Å²) in [4.78, 5) is 28.5. The monoisotopic (exact) mass is 663 g/mol. The van der Waals surface area contributed by atoms with Crippen LogP contribution in [-0.4, -0.2) is 50.5 Å². The molecule has 1 N–H and O–H groups in total. The number of carbonyl (C=O) groups is 2. The minimum absolute atomic E-state index is 0.0484. The maximum absolute atomic E-state index is 14.0. The second-order valence-corrected chi connectivity index (χ2v) is 12.4. The van der Waals surface area contributed by atoms with Gasteiger partial charge in [0.25, 0.3) is 0 Å². The maximum Gasteiger partial charge on any atom is 0.416 e. The zero-order valence-corrected chi connectivity index (χ0v) is 25.5. The Bertz CT molecular complexity index is 1540. The summed E-state index contributed by atoms with van der Waals surface area (Å²) < 4.78 is 66.6. The van der Waals surface area contributed by atoms with Crippen LogP contribution in [0.15, 0.2) is 66.7 Å². The molecule has 0 aliphatic rings. The van der Waals surface area contributed by atoms with Gasteiger partial charge in [0.15, 0.2) is 0 Å². The summed E-state index contributed by atoms with van der Waals surface area (Å²) >= 11 is 18.6. The Balaban J connectivity index is 2.13. The van der Waals surface area contributed by atoms with E-state index < -0.39 is 51.9 Å². The van der Waals surface area contributed by atoms with Gasteiger partial charge >= 0.3 is 6.18 Å². The number of sulfonamides is 1. The van der Waals surface area contributed by atoms with Gasteiger partial charge in [0.05, 0.1) is 22.5 Å². The molecule has 2 amide bonds. The summed E-state index contributed by atoms with van der Waals surface area (Å²) in [6.07, 6.45) is -4.02. The van der Waals surface area contributed by atoms with Crippen molar-refractivity contribution in [3.05, 3.63) is 98.5 Å². The molecule has 0 aromatic heterocycles. The molecule has 3 rings (SSSR count). The Morgan fingerprint density at radius 2 is 1.62 bits per heavy atom. The average Bonchev–Trinajstić information content (AvgIpc) is 2.90. The molecule has 0 bridgehead atoms. The third-order valence-corrected chi connectivity index (χ3v) is 8.23. The SMILES string of the molecule is CCNC(=O)C(Cc1ccccc1)N(Cc1ccc(Cl)cc1Cl)C(=O)CN(c1cc(C(F)(F)F)ccc1Cl)S(C)(=O)=O. The second kappa shape index (κ2) is 14.0. The number of nitrogens with zero attached hydrogens (tertiary/aromatic N) is 2. The molecule has 0 aliphatic heterocycles. The highest BCUT2D eigenvalue weighted by molar-refractivity contribution is 7.92. The third kappa shape index (κ3) is 8.76. The number of anilines is 1. The van der Waals surface area contributed by atoms with Crippen LogP contribution in [0.4, 0.5) is 18.9 Å². The molecule has 0 radical (unpaired) electrons. The van der Waals surface area contributed by atoms with Gasteiger partial charge in [-0.05, 0) is 48.4 Å². The normalized spacial score (nSPS) is 12.5. The standard InChI is InChI=1S/C28H27Cl3F3N3O4S/c1-3-35-27(39)25(13-18-7-5-4-6-8-18)36(16-19-9-11-21(29)15-23(19)31)26(38)17-37(42(2,40)41)24-14-20(28(32,33)34)10-12-22(24)30/h4-12,14-15,25H,3,13,16-17H2,1-2H3,(H,35,39). The fourth-order valence-electron chi connectivity index (χ4n) is 4.15. The highest BCUT2D eigenvalue weighted by Crippen LogP contribution is 2.36. The van der Waals surface area contributed by atoms with Gasteiger partial charge in [-0.2, -0.15) is 13.2 Å². The first-order valence-electron chi connectivity index (χ1n) is 12.5. The Hall–Kier alpha value is -2.99. The maximum atomic E-state index is 14.0. The van der Waals surface area contributed by atoms with Crippen LogP contribution in [0.3, 0.4) is 0 Å². The molecule has 0 saturated carbocycles. The van der Waals surface area contributed by atoms with Crippen LogP contribution < -0.4 is 9.62 Å². The number of nitrogens with one attached hydrogen (secondary N) is 1. The van der Waals surface area contributed by atoms with Crippen molar-refractivity contribution in [2.45, 2.75) is 32.1 Å². The fourth-order valence-corrected chi connectivity index (χ4v) is 5.75. The first kappa shape index (κ1) is 33.5. The van der Waals surface area contributed by atoms with E-state index in [2.05, 4.69) is 5.32 Å². The molecule has 0 fully saturated rings. The van der Waals surface area contributed by atoms with E-state index in [0.717, 1.165) is 17.2 Å². The molecule has 226 valence electrons. The van der Waals surface area contributed by atoms with Crippen molar-refractivity contribution in [1.29, 1.82) is 0 Å². The predicted molar refractivity (Wildman–Crippen MR) is 158 cm³/mol. The van der Waals surface area contributed by atoms with Crippen LogP contribution in [-0.2, 0) is 38.8 Å². The molecule has 0 saturated heterocycles. The van der Waals surface area contributed by atoms with E-state index in [1.54, 1.807) is 43.3 Å². The van der Waals surface area contributed by atoms with E-state index in [0.29, 0.717) is 32.6 Å². The van der Waals surface area contributed by atoms with Gasteiger partial charge in [-0.3, -0.25) is 13.9 Å². The van der Waals surface area contributed by atoms with Crippen LogP contribution in [0, 0.1) is 0 Å². The molecule has 0 spiro atoms. The number of carbonyl (C=O) groups excluding carboxylic acids is 2. The zero-order chi connectivity index (χ0) is 31.2. The lowest BCUT2D eigenvalue weighted by molar-refractivity contribution is -0.140. The second-order valence-electron chi connectivity index (χ2n) is 9.29. The van der Waals surface area contributed by atoms with Crippen LogP contribution in [0.2, 0.25) is 15.1 Å². The molecule has 3 aromatic rings. The number of hydrogen-bond acceptors (Lipinski definition) is 4. The lowest BCUT2D eigenvalue weighted by atomic mass is 10.0. The van der Waals surface area contributed by atoms with E-state index in [-0.39, 0.29) is 29.6 Å². The van der Waals surface area contributed by atoms with E-state index >= 15 is 0 Å². The summed E-state index contributed by atoms with van der Waals surface area (Å²) in [5.41, 5.74) is -0.587. The lowest BCUT2D eigenvalue weighted by Gasteiger charge is -2.34. The van der Waals surface area contributed by atoms with Crippen molar-refractivity contribution >= 4 is 62.3 Å². The Morgan fingerprint density at radius 1 is 0.952 bits per heavy atom. The number of halogens is 6. The van der Waals surface area contributed by atoms with E-state index in [1.807, 2.05) is 0 Å². The summed E-state index contributed by atoms with van der Waals surface area (Å²) in [7, 11) is -4.34. The van der Waals surface area contributed by atoms with Crippen LogP contribution in [0.5, 0.6) is 0 Å². The van der Waals surface area contributed by atoms with Crippen molar-refractivity contribution in [2.24, 2.45) is 0 Å². The minimum atomic E-state index is -4.80. The predicted octanol–water partition coefficient (Wildman–Crippen LogP) is 6.21. The highest BCUT2D eigenvalue weighted by Gasteiger charge is 2.36. The van der Waals surface area contributed by atoms with Gasteiger partial charge in [0.2, 0.25) is 21.8 Å². The Labute approximate surface area is 257 Å². The zero-order valence-electron chi connectivity index (χ0n) is 22.5. The summed E-state index contributed by atoms with van der Waals surface area (Å²) in [6, 6.07) is 14.4. The number of amides is 2. The van der Waals surface area contributed by atoms with E-state index in [4.69, 9.17) is 34.8 Å². The van der Waals surface area contributed by atoms with Crippen molar-refractivity contribution in [1.82, 2.24) is 10.2 Å². The van der Waals surface area contributed by atoms with Crippen molar-refractivity contribution in [3.63, 3.8) is 0 Å². The molecule has 14 heteroatoms. The van der Waals surface area contributed by atoms with Crippen molar-refractivity contribution in [3.8, 4) is 0 Å². The smallest absolute Gasteiger partial charge is 0.355 e. The lowest BCUT2D eigenvalue weighted by Crippen LogP contribution is -2.53. The first-order valence-corrected chi connectivity index (χ1v) is 15.5. The largest absolute Gasteiger partial charge is 0.416 e. The van der Waals surface area contributed by atoms with E-state index in [9.17, 15) is 31.2 Å². The first-order chi connectivity index (χ1) is 19.6. The third-order valence-electron chi connectivity index (χ3n) is 6.20. The van der Waals surface area contributed by atoms with Crippen molar-refractivity contribution < 1.29 is 31.2 Å². The fraction of sp³-hybridized carbons (Fsp3) is 0.286. The molecular formula is C28H27Cl3F3N3O4S. The molecule has 3 aromatic carbocycles.